The number of carbonyl (C=O) groups is 1. The molecule has 0 bridgehead atoms. The molecule has 4 rings (SSSR count). The SMILES string of the molecule is C[C@@H](Nc1ccc2oc3ccccc3c2c1)C(=O)N[C@H]1CCS(=O)(=O)C1. The van der Waals surface area contributed by atoms with Crippen molar-refractivity contribution in [2.45, 2.75) is 25.4 Å². The highest BCUT2D eigenvalue weighted by Gasteiger charge is 2.29. The Kier molecular flexibility index (Phi) is 4.11. The van der Waals surface area contributed by atoms with E-state index in [0.717, 1.165) is 27.6 Å². The van der Waals surface area contributed by atoms with Crippen LogP contribution in [0.3, 0.4) is 0 Å². The van der Waals surface area contributed by atoms with Crippen molar-refractivity contribution in [3.63, 3.8) is 0 Å². The molecular weight excluding hydrogens is 352 g/mol. The molecule has 1 amide bonds. The van der Waals surface area contributed by atoms with Gasteiger partial charge in [-0.05, 0) is 37.6 Å². The Labute approximate surface area is 151 Å². The predicted octanol–water partition coefficient (Wildman–Crippen LogP) is 2.69. The van der Waals surface area contributed by atoms with Gasteiger partial charge < -0.3 is 15.1 Å². The van der Waals surface area contributed by atoms with E-state index in [1.54, 1.807) is 6.92 Å². The summed E-state index contributed by atoms with van der Waals surface area (Å²) in [5.74, 6) is -0.0353. The fraction of sp³-hybridized carbons (Fsp3) is 0.316. The summed E-state index contributed by atoms with van der Waals surface area (Å²) in [7, 11) is -3.01. The van der Waals surface area contributed by atoms with Gasteiger partial charge in [0.1, 0.15) is 17.2 Å². The molecule has 1 aromatic heterocycles. The summed E-state index contributed by atoms with van der Waals surface area (Å²) in [6.07, 6.45) is 0.480. The number of carbonyl (C=O) groups excluding carboxylic acids is 1. The van der Waals surface area contributed by atoms with Crippen LogP contribution in [0.25, 0.3) is 21.9 Å². The average Bonchev–Trinajstić information content (AvgIpc) is 3.14. The topological polar surface area (TPSA) is 88.4 Å². The van der Waals surface area contributed by atoms with Gasteiger partial charge in [0.25, 0.3) is 0 Å². The van der Waals surface area contributed by atoms with E-state index in [2.05, 4.69) is 10.6 Å². The molecule has 0 unspecified atom stereocenters. The number of hydrogen-bond donors (Lipinski definition) is 2. The van der Waals surface area contributed by atoms with Crippen LogP contribution in [0.15, 0.2) is 46.9 Å². The van der Waals surface area contributed by atoms with Gasteiger partial charge in [-0.3, -0.25) is 4.79 Å². The number of amides is 1. The molecule has 2 N–H and O–H groups in total. The van der Waals surface area contributed by atoms with Crippen LogP contribution in [0.4, 0.5) is 5.69 Å². The van der Waals surface area contributed by atoms with Crippen LogP contribution in [0.2, 0.25) is 0 Å². The van der Waals surface area contributed by atoms with E-state index in [9.17, 15) is 13.2 Å². The molecule has 1 fully saturated rings. The largest absolute Gasteiger partial charge is 0.456 e. The van der Waals surface area contributed by atoms with Crippen molar-refractivity contribution in [1.29, 1.82) is 0 Å². The zero-order valence-corrected chi connectivity index (χ0v) is 15.2. The highest BCUT2D eigenvalue weighted by molar-refractivity contribution is 7.91. The number of benzene rings is 2. The van der Waals surface area contributed by atoms with Crippen molar-refractivity contribution in [3.8, 4) is 0 Å². The minimum atomic E-state index is -3.01. The number of nitrogens with one attached hydrogen (secondary N) is 2. The van der Waals surface area contributed by atoms with Crippen molar-refractivity contribution < 1.29 is 17.6 Å². The molecule has 0 radical (unpaired) electrons. The highest BCUT2D eigenvalue weighted by atomic mass is 32.2. The van der Waals surface area contributed by atoms with Gasteiger partial charge in [-0.25, -0.2) is 8.42 Å². The summed E-state index contributed by atoms with van der Waals surface area (Å²) in [4.78, 5) is 12.4. The van der Waals surface area contributed by atoms with E-state index in [4.69, 9.17) is 4.42 Å². The smallest absolute Gasteiger partial charge is 0.242 e. The first-order valence-electron chi connectivity index (χ1n) is 8.60. The monoisotopic (exact) mass is 372 g/mol. The highest BCUT2D eigenvalue weighted by Crippen LogP contribution is 2.30. The van der Waals surface area contributed by atoms with Crippen molar-refractivity contribution in [2.75, 3.05) is 16.8 Å². The number of anilines is 1. The first kappa shape index (κ1) is 16.9. The molecule has 6 nitrogen and oxygen atoms in total. The van der Waals surface area contributed by atoms with Crippen LogP contribution in [0.1, 0.15) is 13.3 Å². The number of rotatable bonds is 4. The zero-order chi connectivity index (χ0) is 18.3. The van der Waals surface area contributed by atoms with Gasteiger partial charge in [0.2, 0.25) is 5.91 Å². The Balaban J connectivity index is 1.49. The average molecular weight is 372 g/mol. The third kappa shape index (κ3) is 3.26. The van der Waals surface area contributed by atoms with Crippen LogP contribution >= 0.6 is 0 Å². The molecule has 1 aliphatic heterocycles. The maximum atomic E-state index is 12.4. The van der Waals surface area contributed by atoms with Crippen molar-refractivity contribution in [2.24, 2.45) is 0 Å². The third-order valence-electron chi connectivity index (χ3n) is 4.73. The normalized spacial score (nSPS) is 20.3. The standard InChI is InChI=1S/C19H20N2O4S/c1-12(19(22)21-14-8-9-26(23,24)11-14)20-13-6-7-18-16(10-13)15-4-2-3-5-17(15)25-18/h2-7,10,12,14,20H,8-9,11H2,1H3,(H,21,22)/t12-,14+/m1/s1. The Morgan fingerprint density at radius 2 is 1.92 bits per heavy atom. The second-order valence-corrected chi connectivity index (χ2v) is 9.01. The van der Waals surface area contributed by atoms with E-state index < -0.39 is 15.9 Å². The van der Waals surface area contributed by atoms with Crippen LogP contribution in [-0.4, -0.2) is 37.9 Å². The van der Waals surface area contributed by atoms with Gasteiger partial charge in [0, 0.05) is 22.5 Å². The lowest BCUT2D eigenvalue weighted by molar-refractivity contribution is -0.122. The number of hydrogen-bond acceptors (Lipinski definition) is 5. The number of sulfone groups is 1. The maximum Gasteiger partial charge on any atom is 0.242 e. The van der Waals surface area contributed by atoms with E-state index in [-0.39, 0.29) is 23.5 Å². The fourth-order valence-electron chi connectivity index (χ4n) is 3.37. The summed E-state index contributed by atoms with van der Waals surface area (Å²) >= 11 is 0. The first-order chi connectivity index (χ1) is 12.4. The number of fused-ring (bicyclic) bond motifs is 3. The van der Waals surface area contributed by atoms with Crippen molar-refractivity contribution in [3.05, 3.63) is 42.5 Å². The van der Waals surface area contributed by atoms with E-state index >= 15 is 0 Å². The quantitative estimate of drug-likeness (QED) is 0.735. The Morgan fingerprint density at radius 1 is 1.15 bits per heavy atom. The van der Waals surface area contributed by atoms with E-state index in [1.165, 1.54) is 0 Å². The van der Waals surface area contributed by atoms with Crippen LogP contribution in [0, 0.1) is 0 Å². The Bertz CT molecular complexity index is 1090. The Morgan fingerprint density at radius 3 is 2.69 bits per heavy atom. The lowest BCUT2D eigenvalue weighted by Crippen LogP contribution is -2.43. The predicted molar refractivity (Wildman–Crippen MR) is 102 cm³/mol. The molecule has 0 aliphatic carbocycles. The van der Waals surface area contributed by atoms with Gasteiger partial charge in [-0.15, -0.1) is 0 Å². The molecule has 2 aromatic carbocycles. The molecule has 26 heavy (non-hydrogen) atoms. The summed E-state index contributed by atoms with van der Waals surface area (Å²) in [6.45, 7) is 1.76. The molecule has 136 valence electrons. The second-order valence-electron chi connectivity index (χ2n) is 6.78. The van der Waals surface area contributed by atoms with E-state index in [1.807, 2.05) is 42.5 Å². The maximum absolute atomic E-state index is 12.4. The van der Waals surface area contributed by atoms with Gasteiger partial charge in [-0.1, -0.05) is 18.2 Å². The molecule has 7 heteroatoms. The Hall–Kier alpha value is -2.54. The van der Waals surface area contributed by atoms with Gasteiger partial charge in [0.05, 0.1) is 11.5 Å². The lowest BCUT2D eigenvalue weighted by Gasteiger charge is -2.18. The number of para-hydroxylation sites is 1. The summed E-state index contributed by atoms with van der Waals surface area (Å²) in [6, 6.07) is 12.8. The minimum Gasteiger partial charge on any atom is -0.456 e. The molecule has 3 aromatic rings. The summed E-state index contributed by atoms with van der Waals surface area (Å²) < 4.78 is 28.8. The van der Waals surface area contributed by atoms with Gasteiger partial charge >= 0.3 is 0 Å². The number of furan rings is 1. The summed E-state index contributed by atoms with van der Waals surface area (Å²) in [5, 5.41) is 8.01. The minimum absolute atomic E-state index is 0.0262. The zero-order valence-electron chi connectivity index (χ0n) is 14.4. The van der Waals surface area contributed by atoms with Crippen molar-refractivity contribution in [1.82, 2.24) is 5.32 Å². The molecule has 0 saturated carbocycles. The van der Waals surface area contributed by atoms with E-state index in [0.29, 0.717) is 6.42 Å². The fourth-order valence-corrected chi connectivity index (χ4v) is 5.04. The molecule has 1 aliphatic rings. The third-order valence-corrected chi connectivity index (χ3v) is 6.50. The first-order valence-corrected chi connectivity index (χ1v) is 10.4. The van der Waals surface area contributed by atoms with Crippen LogP contribution in [-0.2, 0) is 14.6 Å². The molecular formula is C19H20N2O4S. The molecule has 2 atom stereocenters. The van der Waals surface area contributed by atoms with Crippen molar-refractivity contribution >= 4 is 43.4 Å². The van der Waals surface area contributed by atoms with Gasteiger partial charge in [0.15, 0.2) is 9.84 Å². The molecule has 2 heterocycles. The lowest BCUT2D eigenvalue weighted by atomic mass is 10.1. The second kappa shape index (κ2) is 6.32. The van der Waals surface area contributed by atoms with Crippen LogP contribution < -0.4 is 10.6 Å². The molecule has 1 saturated heterocycles. The van der Waals surface area contributed by atoms with Gasteiger partial charge in [-0.2, -0.15) is 0 Å². The summed E-state index contributed by atoms with van der Waals surface area (Å²) in [5.41, 5.74) is 2.43. The van der Waals surface area contributed by atoms with Crippen LogP contribution in [0.5, 0.6) is 0 Å². The molecule has 0 spiro atoms.